The summed E-state index contributed by atoms with van der Waals surface area (Å²) < 4.78 is 16.9. The van der Waals surface area contributed by atoms with Gasteiger partial charge in [0.05, 0.1) is 5.52 Å². The lowest BCUT2D eigenvalue weighted by atomic mass is 10.0. The Morgan fingerprint density at radius 2 is 2.05 bits per heavy atom. The summed E-state index contributed by atoms with van der Waals surface area (Å²) >= 11 is 3.42. The third-order valence-electron chi connectivity index (χ3n) is 3.08. The Kier molecular flexibility index (Phi) is 3.16. The van der Waals surface area contributed by atoms with E-state index in [1.54, 1.807) is 16.9 Å². The van der Waals surface area contributed by atoms with E-state index in [4.69, 9.17) is 5.73 Å². The maximum absolute atomic E-state index is 14.4. The van der Waals surface area contributed by atoms with E-state index in [1.807, 2.05) is 18.2 Å². The Morgan fingerprint density at radius 1 is 1.29 bits per heavy atom. The summed E-state index contributed by atoms with van der Waals surface area (Å²) in [6, 6.07) is 7.25. The summed E-state index contributed by atoms with van der Waals surface area (Å²) in [4.78, 5) is 8.01. The van der Waals surface area contributed by atoms with Crippen LogP contribution >= 0.6 is 15.9 Å². The van der Waals surface area contributed by atoms with E-state index in [9.17, 15) is 4.39 Å². The molecule has 3 rings (SSSR count). The summed E-state index contributed by atoms with van der Waals surface area (Å²) in [5.74, 6) is 0.647. The minimum Gasteiger partial charge on any atom is -0.368 e. The SMILES string of the molecule is CC(C)(F)c1nn(-c2ccnc(N)n2)c2cc(Br)ccc12. The summed E-state index contributed by atoms with van der Waals surface area (Å²) in [5, 5.41) is 5.13. The molecule has 2 aromatic heterocycles. The van der Waals surface area contributed by atoms with Crippen LogP contribution in [-0.4, -0.2) is 19.7 Å². The van der Waals surface area contributed by atoms with Crippen molar-refractivity contribution >= 4 is 32.8 Å². The van der Waals surface area contributed by atoms with Gasteiger partial charge in [-0.15, -0.1) is 0 Å². The van der Waals surface area contributed by atoms with E-state index in [-0.39, 0.29) is 5.95 Å². The van der Waals surface area contributed by atoms with Gasteiger partial charge in [-0.3, -0.25) is 0 Å². The number of aromatic nitrogens is 4. The molecule has 7 heteroatoms. The molecule has 3 aromatic rings. The number of nitrogens with two attached hydrogens (primary N) is 1. The molecule has 5 nitrogen and oxygen atoms in total. The van der Waals surface area contributed by atoms with Crippen LogP contribution in [0.1, 0.15) is 19.5 Å². The van der Waals surface area contributed by atoms with Crippen molar-refractivity contribution in [1.82, 2.24) is 19.7 Å². The predicted octanol–water partition coefficient (Wildman–Crippen LogP) is 3.36. The number of hydrogen-bond acceptors (Lipinski definition) is 4. The molecule has 1 aromatic carbocycles. The van der Waals surface area contributed by atoms with E-state index in [1.165, 1.54) is 13.8 Å². The monoisotopic (exact) mass is 349 g/mol. The Balaban J connectivity index is 2.35. The highest BCUT2D eigenvalue weighted by molar-refractivity contribution is 9.10. The average molecular weight is 350 g/mol. The van der Waals surface area contributed by atoms with Gasteiger partial charge in [0.15, 0.2) is 5.82 Å². The number of anilines is 1. The van der Waals surface area contributed by atoms with Crippen LogP contribution in [0.2, 0.25) is 0 Å². The largest absolute Gasteiger partial charge is 0.368 e. The number of benzene rings is 1. The molecule has 0 spiro atoms. The maximum atomic E-state index is 14.4. The first kappa shape index (κ1) is 13.9. The number of hydrogen-bond donors (Lipinski definition) is 1. The van der Waals surface area contributed by atoms with E-state index in [2.05, 4.69) is 31.0 Å². The van der Waals surface area contributed by atoms with Gasteiger partial charge in [-0.05, 0) is 32.0 Å². The van der Waals surface area contributed by atoms with Gasteiger partial charge in [0.25, 0.3) is 0 Å². The second kappa shape index (κ2) is 4.77. The summed E-state index contributed by atoms with van der Waals surface area (Å²) in [5.41, 5.74) is 5.17. The van der Waals surface area contributed by atoms with Crippen LogP contribution in [0.15, 0.2) is 34.9 Å². The topological polar surface area (TPSA) is 69.6 Å². The fourth-order valence-corrected chi connectivity index (χ4v) is 2.53. The number of nitrogen functional groups attached to an aromatic ring is 1. The minimum absolute atomic E-state index is 0.146. The van der Waals surface area contributed by atoms with Gasteiger partial charge in [-0.1, -0.05) is 15.9 Å². The van der Waals surface area contributed by atoms with Crippen LogP contribution < -0.4 is 5.73 Å². The normalized spacial score (nSPS) is 12.0. The second-order valence-corrected chi connectivity index (χ2v) is 6.08. The zero-order chi connectivity index (χ0) is 15.2. The highest BCUT2D eigenvalue weighted by Crippen LogP contribution is 2.33. The highest BCUT2D eigenvalue weighted by Gasteiger charge is 2.27. The number of nitrogens with zero attached hydrogens (tertiary/aromatic N) is 4. The van der Waals surface area contributed by atoms with Gasteiger partial charge in [-0.2, -0.15) is 10.1 Å². The van der Waals surface area contributed by atoms with Crippen molar-refractivity contribution in [1.29, 1.82) is 0 Å². The van der Waals surface area contributed by atoms with Gasteiger partial charge in [0, 0.05) is 22.1 Å². The fourth-order valence-electron chi connectivity index (χ4n) is 2.18. The minimum atomic E-state index is -1.56. The van der Waals surface area contributed by atoms with Gasteiger partial charge in [0.2, 0.25) is 5.95 Å². The second-order valence-electron chi connectivity index (χ2n) is 5.17. The van der Waals surface area contributed by atoms with Crippen LogP contribution in [0.3, 0.4) is 0 Å². The summed E-state index contributed by atoms with van der Waals surface area (Å²) in [6.45, 7) is 2.96. The zero-order valence-electron chi connectivity index (χ0n) is 11.5. The molecule has 0 unspecified atom stereocenters. The fraction of sp³-hybridized carbons (Fsp3) is 0.214. The van der Waals surface area contributed by atoms with Crippen molar-refractivity contribution in [3.63, 3.8) is 0 Å². The molecule has 2 heterocycles. The molecule has 0 bridgehead atoms. The first-order chi connectivity index (χ1) is 9.86. The maximum Gasteiger partial charge on any atom is 0.221 e. The molecule has 0 saturated heterocycles. The van der Waals surface area contributed by atoms with E-state index < -0.39 is 5.67 Å². The molecule has 0 saturated carbocycles. The lowest BCUT2D eigenvalue weighted by Crippen LogP contribution is -2.11. The molecule has 21 heavy (non-hydrogen) atoms. The first-order valence-corrected chi connectivity index (χ1v) is 7.12. The van der Waals surface area contributed by atoms with E-state index in [0.29, 0.717) is 11.5 Å². The van der Waals surface area contributed by atoms with Gasteiger partial charge >= 0.3 is 0 Å². The Hall–Kier alpha value is -2.02. The van der Waals surface area contributed by atoms with Crippen LogP contribution in [0.4, 0.5) is 10.3 Å². The molecule has 0 amide bonds. The van der Waals surface area contributed by atoms with Gasteiger partial charge < -0.3 is 5.73 Å². The standard InChI is InChI=1S/C14H13BrFN5/c1-14(2,16)12-9-4-3-8(15)7-10(9)21(20-12)11-5-6-18-13(17)19-11/h3-7H,1-2H3,(H2,17,18,19). The summed E-state index contributed by atoms with van der Waals surface area (Å²) in [7, 11) is 0. The number of alkyl halides is 1. The van der Waals surface area contributed by atoms with Crippen LogP contribution in [-0.2, 0) is 5.67 Å². The average Bonchev–Trinajstić information content (AvgIpc) is 2.77. The molecule has 0 fully saturated rings. The highest BCUT2D eigenvalue weighted by atomic mass is 79.9. The Labute approximate surface area is 129 Å². The first-order valence-electron chi connectivity index (χ1n) is 6.33. The molecular formula is C14H13BrFN5. The lowest BCUT2D eigenvalue weighted by molar-refractivity contribution is 0.215. The summed E-state index contributed by atoms with van der Waals surface area (Å²) in [6.07, 6.45) is 1.55. The molecular weight excluding hydrogens is 337 g/mol. The van der Waals surface area contributed by atoms with Crippen molar-refractivity contribution in [2.24, 2.45) is 0 Å². The lowest BCUT2D eigenvalue weighted by Gasteiger charge is -2.10. The van der Waals surface area contributed by atoms with Crippen molar-refractivity contribution in [2.75, 3.05) is 5.73 Å². The molecule has 0 aliphatic carbocycles. The Morgan fingerprint density at radius 3 is 2.71 bits per heavy atom. The van der Waals surface area contributed by atoms with Gasteiger partial charge in [0.1, 0.15) is 11.4 Å². The van der Waals surface area contributed by atoms with E-state index >= 15 is 0 Å². The van der Waals surface area contributed by atoms with Crippen LogP contribution in [0.5, 0.6) is 0 Å². The number of fused-ring (bicyclic) bond motifs is 1. The molecule has 0 radical (unpaired) electrons. The third kappa shape index (κ3) is 2.49. The third-order valence-corrected chi connectivity index (χ3v) is 3.58. The zero-order valence-corrected chi connectivity index (χ0v) is 13.1. The van der Waals surface area contributed by atoms with E-state index in [0.717, 1.165) is 15.4 Å². The number of halogens is 2. The molecule has 2 N–H and O–H groups in total. The molecule has 108 valence electrons. The van der Waals surface area contributed by atoms with Crippen molar-refractivity contribution in [3.8, 4) is 5.82 Å². The van der Waals surface area contributed by atoms with Crippen molar-refractivity contribution in [3.05, 3.63) is 40.6 Å². The van der Waals surface area contributed by atoms with Crippen molar-refractivity contribution < 1.29 is 4.39 Å². The predicted molar refractivity (Wildman–Crippen MR) is 82.9 cm³/mol. The van der Waals surface area contributed by atoms with Crippen LogP contribution in [0, 0.1) is 0 Å². The van der Waals surface area contributed by atoms with Gasteiger partial charge in [-0.25, -0.2) is 14.1 Å². The van der Waals surface area contributed by atoms with Crippen LogP contribution in [0.25, 0.3) is 16.7 Å². The quantitative estimate of drug-likeness (QED) is 0.769. The number of rotatable bonds is 2. The smallest absolute Gasteiger partial charge is 0.221 e. The van der Waals surface area contributed by atoms with Crippen molar-refractivity contribution in [2.45, 2.75) is 19.5 Å². The Bertz CT molecular complexity index is 822. The molecule has 0 atom stereocenters. The molecule has 0 aliphatic rings. The molecule has 0 aliphatic heterocycles.